The third-order valence-electron chi connectivity index (χ3n) is 6.98. The molecule has 38 heavy (non-hydrogen) atoms. The third-order valence-corrected chi connectivity index (χ3v) is 6.98. The van der Waals surface area contributed by atoms with Crippen LogP contribution in [0.25, 0.3) is 44.2 Å². The van der Waals surface area contributed by atoms with Crippen LogP contribution in [0.3, 0.4) is 0 Å². The van der Waals surface area contributed by atoms with Crippen molar-refractivity contribution in [2.75, 3.05) is 4.90 Å². The first kappa shape index (κ1) is 22.1. The summed E-state index contributed by atoms with van der Waals surface area (Å²) in [5.74, 6) is 0. The first-order valence-electron chi connectivity index (χ1n) is 12.7. The second-order valence-corrected chi connectivity index (χ2v) is 9.32. The smallest absolute Gasteiger partial charge is 0.153 e. The standard InChI is InChI=1S/C35H24N2O/c1-3-7-25(8-4-1)27-11-15-29(16-12-27)37(30-17-13-28(14-18-30)26-9-5-2-6-10-26)31-19-20-34-33(23-31)32-21-22-36-24-35(32)38-34/h1-24H. The van der Waals surface area contributed by atoms with E-state index < -0.39 is 0 Å². The maximum atomic E-state index is 6.05. The Kier molecular flexibility index (Phi) is 5.45. The Morgan fingerprint density at radius 2 is 0.974 bits per heavy atom. The van der Waals surface area contributed by atoms with Gasteiger partial charge in [0, 0.05) is 34.0 Å². The number of furan rings is 1. The van der Waals surface area contributed by atoms with Gasteiger partial charge in [0.25, 0.3) is 0 Å². The van der Waals surface area contributed by atoms with E-state index in [-0.39, 0.29) is 0 Å². The highest BCUT2D eigenvalue weighted by molar-refractivity contribution is 6.06. The Bertz CT molecular complexity index is 1760. The largest absolute Gasteiger partial charge is 0.454 e. The zero-order valence-corrected chi connectivity index (χ0v) is 20.7. The van der Waals surface area contributed by atoms with Crippen LogP contribution in [0.4, 0.5) is 17.1 Å². The van der Waals surface area contributed by atoms with Gasteiger partial charge in [0.2, 0.25) is 0 Å². The molecule has 0 amide bonds. The van der Waals surface area contributed by atoms with Crippen molar-refractivity contribution in [3.8, 4) is 22.3 Å². The van der Waals surface area contributed by atoms with E-state index in [9.17, 15) is 0 Å². The van der Waals surface area contributed by atoms with E-state index in [1.807, 2.05) is 30.5 Å². The van der Waals surface area contributed by atoms with Crippen LogP contribution in [-0.4, -0.2) is 4.98 Å². The van der Waals surface area contributed by atoms with Crippen LogP contribution in [0, 0.1) is 0 Å². The molecule has 0 saturated carbocycles. The minimum Gasteiger partial charge on any atom is -0.454 e. The quantitative estimate of drug-likeness (QED) is 0.241. The van der Waals surface area contributed by atoms with Crippen molar-refractivity contribution in [1.82, 2.24) is 4.98 Å². The lowest BCUT2D eigenvalue weighted by molar-refractivity contribution is 0.667. The maximum absolute atomic E-state index is 6.05. The van der Waals surface area contributed by atoms with Gasteiger partial charge in [-0.2, -0.15) is 0 Å². The Morgan fingerprint density at radius 3 is 1.55 bits per heavy atom. The molecule has 0 radical (unpaired) electrons. The van der Waals surface area contributed by atoms with E-state index >= 15 is 0 Å². The predicted molar refractivity (Wildman–Crippen MR) is 157 cm³/mol. The van der Waals surface area contributed by atoms with Gasteiger partial charge in [-0.05, 0) is 70.8 Å². The summed E-state index contributed by atoms with van der Waals surface area (Å²) in [6, 6.07) is 46.8. The average molecular weight is 489 g/mol. The third kappa shape index (κ3) is 4.00. The number of anilines is 3. The van der Waals surface area contributed by atoms with Crippen LogP contribution in [0.15, 0.2) is 150 Å². The molecule has 0 N–H and O–H groups in total. The van der Waals surface area contributed by atoms with Crippen LogP contribution in [0.2, 0.25) is 0 Å². The van der Waals surface area contributed by atoms with E-state index in [2.05, 4.69) is 119 Å². The Morgan fingerprint density at radius 1 is 0.447 bits per heavy atom. The molecule has 3 nitrogen and oxygen atoms in total. The molecule has 0 saturated heterocycles. The number of hydrogen-bond acceptors (Lipinski definition) is 3. The fourth-order valence-electron chi connectivity index (χ4n) is 5.07. The predicted octanol–water partition coefficient (Wildman–Crippen LogP) is 9.78. The summed E-state index contributed by atoms with van der Waals surface area (Å²) in [6.07, 6.45) is 3.59. The normalized spacial score (nSPS) is 11.2. The van der Waals surface area contributed by atoms with Gasteiger partial charge < -0.3 is 9.32 Å². The zero-order valence-electron chi connectivity index (χ0n) is 20.7. The van der Waals surface area contributed by atoms with Crippen molar-refractivity contribution >= 4 is 39.0 Å². The molecular formula is C35H24N2O. The first-order valence-corrected chi connectivity index (χ1v) is 12.7. The van der Waals surface area contributed by atoms with Crippen LogP contribution in [-0.2, 0) is 0 Å². The van der Waals surface area contributed by atoms with Crippen molar-refractivity contribution in [1.29, 1.82) is 0 Å². The molecule has 0 aliphatic heterocycles. The summed E-state index contributed by atoms with van der Waals surface area (Å²) >= 11 is 0. The van der Waals surface area contributed by atoms with Gasteiger partial charge in [0.1, 0.15) is 5.58 Å². The molecule has 2 heterocycles. The van der Waals surface area contributed by atoms with Crippen molar-refractivity contribution in [2.24, 2.45) is 0 Å². The van der Waals surface area contributed by atoms with Gasteiger partial charge in [0.05, 0.1) is 6.20 Å². The van der Waals surface area contributed by atoms with Gasteiger partial charge in [-0.15, -0.1) is 0 Å². The van der Waals surface area contributed by atoms with Crippen molar-refractivity contribution in [3.63, 3.8) is 0 Å². The fourth-order valence-corrected chi connectivity index (χ4v) is 5.07. The van der Waals surface area contributed by atoms with Crippen molar-refractivity contribution < 1.29 is 4.42 Å². The summed E-state index contributed by atoms with van der Waals surface area (Å²) in [4.78, 5) is 6.52. The monoisotopic (exact) mass is 488 g/mol. The van der Waals surface area contributed by atoms with Gasteiger partial charge in [-0.1, -0.05) is 84.9 Å². The topological polar surface area (TPSA) is 29.3 Å². The molecule has 0 unspecified atom stereocenters. The van der Waals surface area contributed by atoms with Gasteiger partial charge >= 0.3 is 0 Å². The second kappa shape index (κ2) is 9.38. The summed E-state index contributed by atoms with van der Waals surface area (Å²) in [5, 5.41) is 2.14. The molecule has 0 atom stereocenters. The van der Waals surface area contributed by atoms with E-state index in [4.69, 9.17) is 4.42 Å². The highest BCUT2D eigenvalue weighted by Crippen LogP contribution is 2.39. The molecule has 180 valence electrons. The SMILES string of the molecule is c1ccc(-c2ccc(N(c3ccc(-c4ccccc4)cc3)c3ccc4oc5cnccc5c4c3)cc2)cc1. The van der Waals surface area contributed by atoms with Crippen molar-refractivity contribution in [3.05, 3.63) is 146 Å². The molecule has 7 aromatic rings. The highest BCUT2D eigenvalue weighted by Gasteiger charge is 2.16. The molecule has 0 aliphatic rings. The van der Waals surface area contributed by atoms with E-state index in [0.29, 0.717) is 0 Å². The zero-order chi connectivity index (χ0) is 25.3. The number of rotatable bonds is 5. The summed E-state index contributed by atoms with van der Waals surface area (Å²) < 4.78 is 6.05. The van der Waals surface area contributed by atoms with Gasteiger partial charge in [0.15, 0.2) is 5.58 Å². The van der Waals surface area contributed by atoms with Crippen LogP contribution >= 0.6 is 0 Å². The second-order valence-electron chi connectivity index (χ2n) is 9.32. The summed E-state index contributed by atoms with van der Waals surface area (Å²) in [6.45, 7) is 0. The Labute approximate surface area is 221 Å². The molecule has 3 heteroatoms. The average Bonchev–Trinajstić information content (AvgIpc) is 3.37. The number of aromatic nitrogens is 1. The number of benzene rings is 5. The molecule has 2 aromatic heterocycles. The molecule has 7 rings (SSSR count). The number of nitrogens with zero attached hydrogens (tertiary/aromatic N) is 2. The van der Waals surface area contributed by atoms with Crippen LogP contribution in [0.5, 0.6) is 0 Å². The van der Waals surface area contributed by atoms with Crippen LogP contribution < -0.4 is 4.90 Å². The van der Waals surface area contributed by atoms with Crippen molar-refractivity contribution in [2.45, 2.75) is 0 Å². The lowest BCUT2D eigenvalue weighted by atomic mass is 10.0. The maximum Gasteiger partial charge on any atom is 0.153 e. The molecule has 0 bridgehead atoms. The Hall–Kier alpha value is -5.15. The molecular weight excluding hydrogens is 464 g/mol. The van der Waals surface area contributed by atoms with Gasteiger partial charge in [-0.25, -0.2) is 0 Å². The molecule has 0 aliphatic carbocycles. The summed E-state index contributed by atoms with van der Waals surface area (Å²) in [5.41, 5.74) is 9.69. The molecule has 5 aromatic carbocycles. The van der Waals surface area contributed by atoms with Crippen LogP contribution in [0.1, 0.15) is 0 Å². The van der Waals surface area contributed by atoms with E-state index in [1.54, 1.807) is 6.20 Å². The Balaban J connectivity index is 1.35. The lowest BCUT2D eigenvalue weighted by Gasteiger charge is -2.26. The minimum atomic E-state index is 0.797. The van der Waals surface area contributed by atoms with E-state index in [0.717, 1.165) is 39.0 Å². The minimum absolute atomic E-state index is 0.797. The molecule has 0 fully saturated rings. The number of pyridine rings is 1. The number of hydrogen-bond donors (Lipinski definition) is 0. The van der Waals surface area contributed by atoms with Gasteiger partial charge in [-0.3, -0.25) is 4.98 Å². The summed E-state index contributed by atoms with van der Waals surface area (Å²) in [7, 11) is 0. The fraction of sp³-hybridized carbons (Fsp3) is 0. The molecule has 0 spiro atoms. The van der Waals surface area contributed by atoms with E-state index in [1.165, 1.54) is 22.3 Å². The lowest BCUT2D eigenvalue weighted by Crippen LogP contribution is -2.09. The first-order chi connectivity index (χ1) is 18.8. The highest BCUT2D eigenvalue weighted by atomic mass is 16.3. The number of fused-ring (bicyclic) bond motifs is 3.